The zero-order valence-electron chi connectivity index (χ0n) is 10.0. The molecular formula is C13H18F2N2. The van der Waals surface area contributed by atoms with Gasteiger partial charge in [-0.2, -0.15) is 0 Å². The Labute approximate surface area is 101 Å². The standard InChI is InChI=1S/C13H18F2N2/c1-17-7-6-16-9-12(17)4-2-10-8-11(14)3-5-13(10)15/h3,5,8,12,16H,2,4,6-7,9H2,1H3. The Morgan fingerprint density at radius 1 is 1.41 bits per heavy atom. The third-order valence-corrected chi connectivity index (χ3v) is 3.40. The van der Waals surface area contributed by atoms with Crippen molar-refractivity contribution in [3.8, 4) is 0 Å². The van der Waals surface area contributed by atoms with Gasteiger partial charge in [0, 0.05) is 25.7 Å². The molecule has 2 nitrogen and oxygen atoms in total. The van der Waals surface area contributed by atoms with Gasteiger partial charge in [-0.1, -0.05) is 0 Å². The third kappa shape index (κ3) is 3.23. The Bertz CT molecular complexity index is 382. The van der Waals surface area contributed by atoms with E-state index in [-0.39, 0.29) is 11.6 Å². The van der Waals surface area contributed by atoms with Crippen LogP contribution in [0.4, 0.5) is 8.78 Å². The van der Waals surface area contributed by atoms with Crippen molar-refractivity contribution < 1.29 is 8.78 Å². The van der Waals surface area contributed by atoms with E-state index in [1.165, 1.54) is 12.1 Å². The van der Waals surface area contributed by atoms with Crippen LogP contribution in [0, 0.1) is 11.6 Å². The maximum Gasteiger partial charge on any atom is 0.126 e. The first-order valence-corrected chi connectivity index (χ1v) is 6.01. The molecule has 1 N–H and O–H groups in total. The molecule has 0 radical (unpaired) electrons. The summed E-state index contributed by atoms with van der Waals surface area (Å²) < 4.78 is 26.4. The van der Waals surface area contributed by atoms with Gasteiger partial charge < -0.3 is 10.2 Å². The lowest BCUT2D eigenvalue weighted by atomic mass is 10.0. The van der Waals surface area contributed by atoms with Crippen LogP contribution in [-0.2, 0) is 6.42 Å². The summed E-state index contributed by atoms with van der Waals surface area (Å²) in [5, 5.41) is 3.32. The molecule has 0 bridgehead atoms. The molecule has 0 aromatic heterocycles. The van der Waals surface area contributed by atoms with Crippen LogP contribution in [0.3, 0.4) is 0 Å². The SMILES string of the molecule is CN1CCNCC1CCc1cc(F)ccc1F. The molecule has 1 atom stereocenters. The third-order valence-electron chi connectivity index (χ3n) is 3.40. The molecule has 0 aliphatic carbocycles. The number of halogens is 2. The number of likely N-dealkylation sites (N-methyl/N-ethyl adjacent to an activating group) is 1. The maximum absolute atomic E-state index is 13.4. The van der Waals surface area contributed by atoms with Crippen molar-refractivity contribution in [2.75, 3.05) is 26.7 Å². The number of piperazine rings is 1. The van der Waals surface area contributed by atoms with Crippen LogP contribution in [0.15, 0.2) is 18.2 Å². The molecule has 1 unspecified atom stereocenters. The first kappa shape index (κ1) is 12.5. The van der Waals surface area contributed by atoms with Crippen molar-refractivity contribution in [1.82, 2.24) is 10.2 Å². The Morgan fingerprint density at radius 2 is 2.24 bits per heavy atom. The molecule has 1 aromatic rings. The predicted molar refractivity (Wildman–Crippen MR) is 64.0 cm³/mol. The van der Waals surface area contributed by atoms with Gasteiger partial charge in [0.15, 0.2) is 0 Å². The monoisotopic (exact) mass is 240 g/mol. The summed E-state index contributed by atoms with van der Waals surface area (Å²) in [6.07, 6.45) is 1.43. The first-order valence-electron chi connectivity index (χ1n) is 6.01. The van der Waals surface area contributed by atoms with Gasteiger partial charge in [-0.15, -0.1) is 0 Å². The van der Waals surface area contributed by atoms with E-state index < -0.39 is 0 Å². The molecule has 0 amide bonds. The summed E-state index contributed by atoms with van der Waals surface area (Å²) in [7, 11) is 2.08. The van der Waals surface area contributed by atoms with Gasteiger partial charge in [0.2, 0.25) is 0 Å². The normalized spacial score (nSPS) is 21.7. The Kier molecular flexibility index (Phi) is 4.07. The van der Waals surface area contributed by atoms with Crippen molar-refractivity contribution in [2.24, 2.45) is 0 Å². The van der Waals surface area contributed by atoms with E-state index in [1.54, 1.807) is 0 Å². The molecule has 1 fully saturated rings. The minimum atomic E-state index is -0.364. The van der Waals surface area contributed by atoms with Gasteiger partial charge in [0.05, 0.1) is 0 Å². The summed E-state index contributed by atoms with van der Waals surface area (Å²) in [5.74, 6) is -0.672. The summed E-state index contributed by atoms with van der Waals surface area (Å²) in [5.41, 5.74) is 0.476. The van der Waals surface area contributed by atoms with Crippen LogP contribution >= 0.6 is 0 Å². The van der Waals surface area contributed by atoms with E-state index >= 15 is 0 Å². The Balaban J connectivity index is 1.94. The highest BCUT2D eigenvalue weighted by molar-refractivity contribution is 5.19. The zero-order chi connectivity index (χ0) is 12.3. The minimum Gasteiger partial charge on any atom is -0.314 e. The molecule has 0 spiro atoms. The Hall–Kier alpha value is -1.00. The van der Waals surface area contributed by atoms with Gasteiger partial charge in [-0.25, -0.2) is 8.78 Å². The van der Waals surface area contributed by atoms with Crippen molar-refractivity contribution in [2.45, 2.75) is 18.9 Å². The smallest absolute Gasteiger partial charge is 0.126 e. The number of aryl methyl sites for hydroxylation is 1. The first-order chi connectivity index (χ1) is 8.16. The van der Waals surface area contributed by atoms with E-state index in [1.807, 2.05) is 0 Å². The van der Waals surface area contributed by atoms with Gasteiger partial charge in [0.1, 0.15) is 11.6 Å². The van der Waals surface area contributed by atoms with Crippen molar-refractivity contribution in [1.29, 1.82) is 0 Å². The van der Waals surface area contributed by atoms with Crippen molar-refractivity contribution in [3.05, 3.63) is 35.4 Å². The summed E-state index contributed by atoms with van der Waals surface area (Å²) in [6, 6.07) is 4.07. The molecule has 94 valence electrons. The average Bonchev–Trinajstić information content (AvgIpc) is 2.32. The highest BCUT2D eigenvalue weighted by Gasteiger charge is 2.18. The van der Waals surface area contributed by atoms with E-state index in [0.717, 1.165) is 32.1 Å². The lowest BCUT2D eigenvalue weighted by Crippen LogP contribution is -2.49. The quantitative estimate of drug-likeness (QED) is 0.866. The number of hydrogen-bond acceptors (Lipinski definition) is 2. The fraction of sp³-hybridized carbons (Fsp3) is 0.538. The average molecular weight is 240 g/mol. The molecule has 1 heterocycles. The van der Waals surface area contributed by atoms with Crippen LogP contribution in [0.25, 0.3) is 0 Å². The fourth-order valence-electron chi connectivity index (χ4n) is 2.24. The largest absolute Gasteiger partial charge is 0.314 e. The molecule has 0 saturated carbocycles. The highest BCUT2D eigenvalue weighted by Crippen LogP contribution is 2.15. The highest BCUT2D eigenvalue weighted by atomic mass is 19.1. The van der Waals surface area contributed by atoms with Gasteiger partial charge in [-0.05, 0) is 43.7 Å². The van der Waals surface area contributed by atoms with E-state index in [0.29, 0.717) is 18.0 Å². The predicted octanol–water partition coefficient (Wildman–Crippen LogP) is 1.80. The second-order valence-corrected chi connectivity index (χ2v) is 4.61. The van der Waals surface area contributed by atoms with Crippen LogP contribution in [-0.4, -0.2) is 37.6 Å². The summed E-state index contributed by atoms with van der Waals surface area (Å²) >= 11 is 0. The lowest BCUT2D eigenvalue weighted by Gasteiger charge is -2.33. The summed E-state index contributed by atoms with van der Waals surface area (Å²) in [4.78, 5) is 2.27. The second-order valence-electron chi connectivity index (χ2n) is 4.61. The van der Waals surface area contributed by atoms with Crippen LogP contribution in [0.1, 0.15) is 12.0 Å². The topological polar surface area (TPSA) is 15.3 Å². The van der Waals surface area contributed by atoms with Crippen LogP contribution < -0.4 is 5.32 Å². The number of rotatable bonds is 3. The van der Waals surface area contributed by atoms with Gasteiger partial charge in [-0.3, -0.25) is 0 Å². The van der Waals surface area contributed by atoms with Crippen LogP contribution in [0.5, 0.6) is 0 Å². The fourth-order valence-corrected chi connectivity index (χ4v) is 2.24. The molecule has 1 aliphatic heterocycles. The molecule has 17 heavy (non-hydrogen) atoms. The van der Waals surface area contributed by atoms with Gasteiger partial charge in [0.25, 0.3) is 0 Å². The lowest BCUT2D eigenvalue weighted by molar-refractivity contribution is 0.190. The zero-order valence-corrected chi connectivity index (χ0v) is 10.0. The Morgan fingerprint density at radius 3 is 3.00 bits per heavy atom. The number of benzene rings is 1. The molecule has 4 heteroatoms. The number of nitrogens with zero attached hydrogens (tertiary/aromatic N) is 1. The van der Waals surface area contributed by atoms with Crippen molar-refractivity contribution in [3.63, 3.8) is 0 Å². The van der Waals surface area contributed by atoms with Crippen LogP contribution in [0.2, 0.25) is 0 Å². The summed E-state index contributed by atoms with van der Waals surface area (Å²) in [6.45, 7) is 2.94. The number of hydrogen-bond donors (Lipinski definition) is 1. The second kappa shape index (κ2) is 5.56. The molecular weight excluding hydrogens is 222 g/mol. The minimum absolute atomic E-state index is 0.308. The van der Waals surface area contributed by atoms with Gasteiger partial charge >= 0.3 is 0 Å². The molecule has 1 aromatic carbocycles. The van der Waals surface area contributed by atoms with E-state index in [9.17, 15) is 8.78 Å². The molecule has 2 rings (SSSR count). The molecule has 1 saturated heterocycles. The number of nitrogens with one attached hydrogen (secondary N) is 1. The van der Waals surface area contributed by atoms with E-state index in [2.05, 4.69) is 17.3 Å². The maximum atomic E-state index is 13.4. The molecule has 1 aliphatic rings. The van der Waals surface area contributed by atoms with E-state index in [4.69, 9.17) is 0 Å². The van der Waals surface area contributed by atoms with Crippen molar-refractivity contribution >= 4 is 0 Å².